The van der Waals surface area contributed by atoms with E-state index in [0.717, 1.165) is 12.8 Å². The molecule has 0 aromatic heterocycles. The number of halogens is 1. The van der Waals surface area contributed by atoms with Crippen molar-refractivity contribution in [3.63, 3.8) is 0 Å². The third kappa shape index (κ3) is 4.65. The second-order valence-electron chi connectivity index (χ2n) is 7.42. The molecule has 0 bridgehead atoms. The van der Waals surface area contributed by atoms with Crippen molar-refractivity contribution in [3.05, 3.63) is 65.2 Å². The highest BCUT2D eigenvalue weighted by Gasteiger charge is 2.47. The van der Waals surface area contributed by atoms with E-state index in [1.165, 1.54) is 4.90 Å². The van der Waals surface area contributed by atoms with Crippen LogP contribution in [-0.2, 0) is 15.1 Å². The Labute approximate surface area is 181 Å². The fraction of sp³-hybridized carbons (Fsp3) is 0.348. The van der Waals surface area contributed by atoms with Gasteiger partial charge in [0.15, 0.2) is 5.78 Å². The van der Waals surface area contributed by atoms with Gasteiger partial charge in [0, 0.05) is 42.7 Å². The first-order valence-electron chi connectivity index (χ1n) is 10.1. The molecule has 2 aromatic carbocycles. The molecule has 1 fully saturated rings. The van der Waals surface area contributed by atoms with E-state index < -0.39 is 5.54 Å². The minimum Gasteiger partial charge on any atom is -0.337 e. The summed E-state index contributed by atoms with van der Waals surface area (Å²) in [5.74, 6) is -0.210. The van der Waals surface area contributed by atoms with Gasteiger partial charge in [0.1, 0.15) is 5.54 Å². The number of rotatable bonds is 6. The molecule has 0 heterocycles. The number of Topliss-reactive ketones (excluding diaryl/α,β-unsaturated/α-hetero) is 1. The van der Waals surface area contributed by atoms with E-state index in [4.69, 9.17) is 11.6 Å². The zero-order valence-corrected chi connectivity index (χ0v) is 17.7. The molecule has 7 heteroatoms. The summed E-state index contributed by atoms with van der Waals surface area (Å²) >= 11 is 6.43. The molecule has 1 saturated carbocycles. The molecule has 0 saturated heterocycles. The van der Waals surface area contributed by atoms with Gasteiger partial charge in [0.05, 0.1) is 0 Å². The molecule has 3 amide bonds. The summed E-state index contributed by atoms with van der Waals surface area (Å²) < 4.78 is 0. The van der Waals surface area contributed by atoms with Gasteiger partial charge in [-0.3, -0.25) is 9.59 Å². The number of amides is 3. The predicted molar refractivity (Wildman–Crippen MR) is 117 cm³/mol. The molecule has 0 aliphatic heterocycles. The first kappa shape index (κ1) is 21.8. The van der Waals surface area contributed by atoms with Gasteiger partial charge in [-0.1, -0.05) is 48.0 Å². The lowest BCUT2D eigenvalue weighted by Gasteiger charge is -2.44. The summed E-state index contributed by atoms with van der Waals surface area (Å²) in [6.07, 6.45) is 2.69. The van der Waals surface area contributed by atoms with Crippen LogP contribution in [0.4, 0.5) is 10.5 Å². The van der Waals surface area contributed by atoms with Gasteiger partial charge < -0.3 is 15.5 Å². The Morgan fingerprint density at radius 2 is 1.77 bits per heavy atom. The fourth-order valence-corrected chi connectivity index (χ4v) is 4.28. The van der Waals surface area contributed by atoms with Gasteiger partial charge in [-0.2, -0.15) is 0 Å². The molecule has 158 valence electrons. The normalized spacial score (nSPS) is 18.5. The zero-order valence-electron chi connectivity index (χ0n) is 17.0. The molecule has 30 heavy (non-hydrogen) atoms. The third-order valence-electron chi connectivity index (χ3n) is 5.58. The maximum absolute atomic E-state index is 13.1. The number of para-hydroxylation sites is 1. The van der Waals surface area contributed by atoms with Crippen LogP contribution in [0.2, 0.25) is 5.02 Å². The Bertz CT molecular complexity index is 919. The first-order chi connectivity index (χ1) is 14.4. The van der Waals surface area contributed by atoms with Crippen molar-refractivity contribution in [1.29, 1.82) is 0 Å². The van der Waals surface area contributed by atoms with Crippen LogP contribution in [-0.4, -0.2) is 36.2 Å². The van der Waals surface area contributed by atoms with E-state index in [0.29, 0.717) is 29.1 Å². The van der Waals surface area contributed by atoms with Gasteiger partial charge in [0.2, 0.25) is 5.91 Å². The number of anilines is 1. The summed E-state index contributed by atoms with van der Waals surface area (Å²) in [6.45, 7) is 0.161. The van der Waals surface area contributed by atoms with Crippen molar-refractivity contribution in [2.75, 3.05) is 18.9 Å². The summed E-state index contributed by atoms with van der Waals surface area (Å²) in [7, 11) is 1.65. The Morgan fingerprint density at radius 3 is 2.47 bits per heavy atom. The van der Waals surface area contributed by atoms with E-state index in [2.05, 4.69) is 10.6 Å². The van der Waals surface area contributed by atoms with Crippen molar-refractivity contribution < 1.29 is 14.4 Å². The summed E-state index contributed by atoms with van der Waals surface area (Å²) in [4.78, 5) is 39.6. The van der Waals surface area contributed by atoms with Crippen LogP contribution in [0, 0.1) is 0 Å². The van der Waals surface area contributed by atoms with Crippen molar-refractivity contribution in [2.24, 2.45) is 0 Å². The van der Waals surface area contributed by atoms with Crippen LogP contribution in [0.3, 0.4) is 0 Å². The molecule has 0 radical (unpaired) electrons. The van der Waals surface area contributed by atoms with Crippen LogP contribution in [0.5, 0.6) is 0 Å². The lowest BCUT2D eigenvalue weighted by Crippen LogP contribution is -2.54. The number of likely N-dealkylation sites (N-methyl/N-ethyl adjacent to an activating group) is 1. The fourth-order valence-electron chi connectivity index (χ4n) is 3.99. The average Bonchev–Trinajstić information content (AvgIpc) is 2.75. The summed E-state index contributed by atoms with van der Waals surface area (Å²) in [6, 6.07) is 15.9. The maximum atomic E-state index is 13.1. The average molecular weight is 428 g/mol. The minimum atomic E-state index is -1.06. The number of carbonyl (C=O) groups excluding carboxylic acids is 3. The van der Waals surface area contributed by atoms with E-state index in [1.807, 2.05) is 36.4 Å². The largest absolute Gasteiger partial charge is 0.337 e. The topological polar surface area (TPSA) is 78.5 Å². The first-order valence-corrected chi connectivity index (χ1v) is 10.5. The van der Waals surface area contributed by atoms with Crippen molar-refractivity contribution in [2.45, 2.75) is 37.6 Å². The molecular formula is C23H26ClN3O3. The van der Waals surface area contributed by atoms with Crippen LogP contribution in [0.15, 0.2) is 54.6 Å². The number of hydrogen-bond donors (Lipinski definition) is 2. The van der Waals surface area contributed by atoms with Gasteiger partial charge >= 0.3 is 6.03 Å². The van der Waals surface area contributed by atoms with Crippen LogP contribution in [0.1, 0.15) is 37.7 Å². The smallest absolute Gasteiger partial charge is 0.319 e. The number of carbonyl (C=O) groups is 3. The Balaban J connectivity index is 1.67. The Morgan fingerprint density at radius 1 is 1.07 bits per heavy atom. The number of ketones is 1. The Kier molecular flexibility index (Phi) is 7.11. The zero-order chi connectivity index (χ0) is 21.6. The molecule has 0 spiro atoms. The van der Waals surface area contributed by atoms with E-state index >= 15 is 0 Å². The second-order valence-corrected chi connectivity index (χ2v) is 7.83. The number of hydrogen-bond acceptors (Lipinski definition) is 3. The van der Waals surface area contributed by atoms with Gasteiger partial charge in [-0.05, 0) is 37.5 Å². The van der Waals surface area contributed by atoms with Gasteiger partial charge in [0.25, 0.3) is 0 Å². The van der Waals surface area contributed by atoms with Crippen molar-refractivity contribution in [3.8, 4) is 0 Å². The van der Waals surface area contributed by atoms with Gasteiger partial charge in [-0.15, -0.1) is 0 Å². The number of benzene rings is 2. The highest BCUT2D eigenvalue weighted by atomic mass is 35.5. The standard InChI is InChI=1S/C23H26ClN3O3/c1-27(21(29)14-16-25-22(30)26-17-9-3-2-4-10-17)23(15-8-7-13-20(23)28)18-11-5-6-12-19(18)24/h2-6,9-12H,7-8,13-16H2,1H3,(H2,25,26,30). The SMILES string of the molecule is CN(C(=O)CCNC(=O)Nc1ccccc1)C1(c2ccccc2Cl)CCCCC1=O. The van der Waals surface area contributed by atoms with Crippen molar-refractivity contribution >= 4 is 35.0 Å². The van der Waals surface area contributed by atoms with E-state index in [-0.39, 0.29) is 30.7 Å². The molecule has 1 unspecified atom stereocenters. The molecular weight excluding hydrogens is 402 g/mol. The van der Waals surface area contributed by atoms with Crippen LogP contribution >= 0.6 is 11.6 Å². The number of nitrogens with zero attached hydrogens (tertiary/aromatic N) is 1. The molecule has 3 rings (SSSR count). The molecule has 2 N–H and O–H groups in total. The number of urea groups is 1. The van der Waals surface area contributed by atoms with Gasteiger partial charge in [-0.25, -0.2) is 4.79 Å². The maximum Gasteiger partial charge on any atom is 0.319 e. The summed E-state index contributed by atoms with van der Waals surface area (Å²) in [5.41, 5.74) is 0.283. The second kappa shape index (κ2) is 9.76. The molecule has 1 aliphatic carbocycles. The Hall–Kier alpha value is -2.86. The van der Waals surface area contributed by atoms with Crippen LogP contribution in [0.25, 0.3) is 0 Å². The molecule has 1 atom stereocenters. The quantitative estimate of drug-likeness (QED) is 0.719. The summed E-state index contributed by atoms with van der Waals surface area (Å²) in [5, 5.41) is 5.88. The molecule has 1 aliphatic rings. The number of nitrogens with one attached hydrogen (secondary N) is 2. The minimum absolute atomic E-state index is 0.00693. The highest BCUT2D eigenvalue weighted by Crippen LogP contribution is 2.42. The predicted octanol–water partition coefficient (Wildman–Crippen LogP) is 4.35. The highest BCUT2D eigenvalue weighted by molar-refractivity contribution is 6.31. The van der Waals surface area contributed by atoms with Crippen molar-refractivity contribution in [1.82, 2.24) is 10.2 Å². The van der Waals surface area contributed by atoms with Crippen LogP contribution < -0.4 is 10.6 Å². The van der Waals surface area contributed by atoms with E-state index in [1.54, 1.807) is 25.2 Å². The molecule has 6 nitrogen and oxygen atoms in total. The molecule has 2 aromatic rings. The monoisotopic (exact) mass is 427 g/mol. The lowest BCUT2D eigenvalue weighted by atomic mass is 9.74. The van der Waals surface area contributed by atoms with E-state index in [9.17, 15) is 14.4 Å². The third-order valence-corrected chi connectivity index (χ3v) is 5.91. The lowest BCUT2D eigenvalue weighted by molar-refractivity contribution is -0.148.